The zero-order chi connectivity index (χ0) is 37.5. The number of ether oxygens (including phenoxy) is 1. The molecule has 0 spiro atoms. The van der Waals surface area contributed by atoms with Crippen LogP contribution in [-0.2, 0) is 24.3 Å². The number of sulfonamides is 1. The van der Waals surface area contributed by atoms with Crippen molar-refractivity contribution in [3.8, 4) is 11.4 Å². The molecule has 1 saturated heterocycles. The molecule has 1 fully saturated rings. The Bertz CT molecular complexity index is 1840. The number of hydrogen-bond donors (Lipinski definition) is 1. The number of para-hydroxylation sites is 1. The van der Waals surface area contributed by atoms with Crippen LogP contribution in [0.3, 0.4) is 0 Å². The Labute approximate surface area is 296 Å². The molecule has 2 heterocycles. The lowest BCUT2D eigenvalue weighted by atomic mass is 10.0. The molecule has 1 N–H and O–H groups in total. The number of benzene rings is 2. The molecule has 3 amide bonds. The van der Waals surface area contributed by atoms with E-state index in [0.717, 1.165) is 15.9 Å². The van der Waals surface area contributed by atoms with Gasteiger partial charge in [0.15, 0.2) is 4.90 Å². The summed E-state index contributed by atoms with van der Waals surface area (Å²) in [6.07, 6.45) is 0.706. The van der Waals surface area contributed by atoms with Gasteiger partial charge < -0.3 is 29.3 Å². The lowest BCUT2D eigenvalue weighted by molar-refractivity contribution is -0.387. The third kappa shape index (κ3) is 9.37. The molecular weight excluding hydrogens is 684 g/mol. The predicted molar refractivity (Wildman–Crippen MR) is 186 cm³/mol. The number of hydrogen-bond acceptors (Lipinski definition) is 12. The molecule has 51 heavy (non-hydrogen) atoms. The number of nitrogens with one attached hydrogen (secondary N) is 1. The van der Waals surface area contributed by atoms with Crippen LogP contribution in [0.2, 0.25) is 0 Å². The van der Waals surface area contributed by atoms with Crippen molar-refractivity contribution in [2.45, 2.75) is 57.5 Å². The van der Waals surface area contributed by atoms with Gasteiger partial charge in [0, 0.05) is 69.6 Å². The second kappa shape index (κ2) is 16.7. The van der Waals surface area contributed by atoms with Gasteiger partial charge >= 0.3 is 6.09 Å². The highest BCUT2D eigenvalue weighted by atomic mass is 32.2. The molecule has 0 atom stereocenters. The number of amides is 3. The summed E-state index contributed by atoms with van der Waals surface area (Å²) in [5, 5.41) is 18.3. The molecule has 1 aromatic heterocycles. The fourth-order valence-corrected chi connectivity index (χ4v) is 7.72. The maximum Gasteiger partial charge on any atom is 0.409 e. The molecule has 17 nitrogen and oxygen atoms in total. The molecule has 18 heteroatoms. The summed E-state index contributed by atoms with van der Waals surface area (Å²) in [6, 6.07) is 9.81. The van der Waals surface area contributed by atoms with Gasteiger partial charge in [-0.3, -0.25) is 19.7 Å². The number of anilines is 1. The van der Waals surface area contributed by atoms with Crippen molar-refractivity contribution in [1.82, 2.24) is 29.6 Å². The second-order valence-corrected chi connectivity index (χ2v) is 14.3. The van der Waals surface area contributed by atoms with Gasteiger partial charge in [0.2, 0.25) is 33.6 Å². The van der Waals surface area contributed by atoms with E-state index in [0.29, 0.717) is 48.9 Å². The summed E-state index contributed by atoms with van der Waals surface area (Å²) in [4.78, 5) is 58.7. The van der Waals surface area contributed by atoms with E-state index in [2.05, 4.69) is 15.5 Å². The molecule has 1 aliphatic rings. The minimum atomic E-state index is -4.29. The first kappa shape index (κ1) is 38.7. The van der Waals surface area contributed by atoms with Gasteiger partial charge in [-0.25, -0.2) is 13.2 Å². The lowest BCUT2D eigenvalue weighted by Gasteiger charge is -2.37. The summed E-state index contributed by atoms with van der Waals surface area (Å²) in [5.74, 6) is -0.0183. The average Bonchev–Trinajstić information content (AvgIpc) is 3.55. The van der Waals surface area contributed by atoms with E-state index in [1.165, 1.54) is 25.3 Å². The van der Waals surface area contributed by atoms with Crippen molar-refractivity contribution in [2.75, 3.05) is 58.3 Å². The maximum atomic E-state index is 13.7. The molecule has 3 aromatic rings. The van der Waals surface area contributed by atoms with Crippen LogP contribution in [0.5, 0.6) is 0 Å². The quantitative estimate of drug-likeness (QED) is 0.188. The third-order valence-corrected chi connectivity index (χ3v) is 10.8. The van der Waals surface area contributed by atoms with E-state index in [1.54, 1.807) is 48.6 Å². The van der Waals surface area contributed by atoms with Gasteiger partial charge in [0.05, 0.1) is 25.1 Å². The van der Waals surface area contributed by atoms with Gasteiger partial charge in [-0.15, -0.1) is 0 Å². The minimum Gasteiger partial charge on any atom is -0.453 e. The number of piperidine rings is 1. The number of nitro groups is 1. The topological polar surface area (TPSA) is 202 Å². The molecule has 0 unspecified atom stereocenters. The van der Waals surface area contributed by atoms with Crippen LogP contribution in [0.4, 0.5) is 16.2 Å². The number of rotatable bonds is 14. The summed E-state index contributed by atoms with van der Waals surface area (Å²) >= 11 is 0. The largest absolute Gasteiger partial charge is 0.453 e. The summed E-state index contributed by atoms with van der Waals surface area (Å²) in [5.41, 5.74) is 1.42. The summed E-state index contributed by atoms with van der Waals surface area (Å²) < 4.78 is 38.1. The van der Waals surface area contributed by atoms with Crippen molar-refractivity contribution in [3.05, 3.63) is 64.0 Å². The number of nitro benzene ring substituents is 1. The molecule has 1 aliphatic heterocycles. The minimum absolute atomic E-state index is 0.0987. The first-order valence-corrected chi connectivity index (χ1v) is 17.8. The van der Waals surface area contributed by atoms with Crippen LogP contribution < -0.4 is 10.2 Å². The Kier molecular flexibility index (Phi) is 12.7. The highest BCUT2D eigenvalue weighted by molar-refractivity contribution is 7.89. The van der Waals surface area contributed by atoms with Crippen LogP contribution in [-0.4, -0.2) is 121 Å². The van der Waals surface area contributed by atoms with Crippen molar-refractivity contribution in [1.29, 1.82) is 0 Å². The molecule has 276 valence electrons. The maximum absolute atomic E-state index is 13.7. The van der Waals surface area contributed by atoms with Crippen molar-refractivity contribution >= 4 is 39.3 Å². The van der Waals surface area contributed by atoms with Gasteiger partial charge in [-0.1, -0.05) is 29.4 Å². The molecule has 4 rings (SSSR count). The molecule has 0 saturated carbocycles. The molecule has 0 bridgehead atoms. The Morgan fingerprint density at radius 3 is 2.41 bits per heavy atom. The highest BCUT2D eigenvalue weighted by Crippen LogP contribution is 2.29. The molecule has 0 radical (unpaired) electrons. The fourth-order valence-electron chi connectivity index (χ4n) is 5.92. The summed E-state index contributed by atoms with van der Waals surface area (Å²) in [6.45, 7) is 6.98. The van der Waals surface area contributed by atoms with E-state index in [1.807, 2.05) is 19.1 Å². The standard InChI is InChI=1S/C33H44N8O9S/c1-22(2)40(51(47,48)29-10-8-7-9-27(29)41(45)46)18-15-34-30(42)20-39(28-19-25(12-11-23(28)3)32-35-24(4)50-36-32)21-31(43)37(5)26-13-16-38(17-14-26)33(44)49-6/h7-12,19,22,26H,13-18,20-21H2,1-6H3,(H,34,42). The summed E-state index contributed by atoms with van der Waals surface area (Å²) in [7, 11) is -1.27. The lowest BCUT2D eigenvalue weighted by Crippen LogP contribution is -2.50. The Hall–Kier alpha value is -5.10. The molecule has 2 aromatic carbocycles. The second-order valence-electron chi connectivity index (χ2n) is 12.5. The number of likely N-dealkylation sites (N-methyl/N-ethyl adjacent to an activating group) is 1. The normalized spacial score (nSPS) is 13.7. The number of carbonyl (C=O) groups is 3. The smallest absolute Gasteiger partial charge is 0.409 e. The van der Waals surface area contributed by atoms with Crippen molar-refractivity contribution < 1.29 is 37.0 Å². The fraction of sp³-hybridized carbons (Fsp3) is 0.485. The van der Waals surface area contributed by atoms with E-state index in [-0.39, 0.29) is 38.1 Å². The monoisotopic (exact) mass is 728 g/mol. The Morgan fingerprint density at radius 2 is 1.80 bits per heavy atom. The molecule has 0 aliphatic carbocycles. The Morgan fingerprint density at radius 1 is 1.12 bits per heavy atom. The number of nitrogens with zero attached hydrogens (tertiary/aromatic N) is 7. The number of carbonyl (C=O) groups excluding carboxylic acids is 3. The van der Waals surface area contributed by atoms with Crippen LogP contribution in [0.1, 0.15) is 38.1 Å². The zero-order valence-electron chi connectivity index (χ0n) is 29.6. The van der Waals surface area contributed by atoms with E-state index in [4.69, 9.17) is 9.26 Å². The van der Waals surface area contributed by atoms with E-state index in [9.17, 15) is 32.9 Å². The van der Waals surface area contributed by atoms with Gasteiger partial charge in [0.25, 0.3) is 5.69 Å². The van der Waals surface area contributed by atoms with Gasteiger partial charge in [-0.2, -0.15) is 9.29 Å². The number of aromatic nitrogens is 2. The Balaban J connectivity index is 1.52. The zero-order valence-corrected chi connectivity index (χ0v) is 30.4. The van der Waals surface area contributed by atoms with Crippen molar-refractivity contribution in [2.24, 2.45) is 0 Å². The first-order chi connectivity index (χ1) is 24.1. The first-order valence-electron chi connectivity index (χ1n) is 16.4. The van der Waals surface area contributed by atoms with Crippen LogP contribution in [0.25, 0.3) is 11.4 Å². The van der Waals surface area contributed by atoms with Gasteiger partial charge in [-0.05, 0) is 51.3 Å². The van der Waals surface area contributed by atoms with Crippen LogP contribution in [0, 0.1) is 24.0 Å². The average molecular weight is 729 g/mol. The van der Waals surface area contributed by atoms with Crippen LogP contribution in [0.15, 0.2) is 51.9 Å². The molecular formula is C33H44N8O9S. The van der Waals surface area contributed by atoms with Crippen molar-refractivity contribution in [3.63, 3.8) is 0 Å². The highest BCUT2D eigenvalue weighted by Gasteiger charge is 2.33. The third-order valence-electron chi connectivity index (χ3n) is 8.71. The SMILES string of the molecule is COC(=O)N1CCC(N(C)C(=O)CN(CC(=O)NCCN(C(C)C)S(=O)(=O)c2ccccc2[N+](=O)[O-])c2cc(-c3noc(C)n3)ccc2C)CC1. The van der Waals surface area contributed by atoms with Crippen LogP contribution >= 0.6 is 0 Å². The predicted octanol–water partition coefficient (Wildman–Crippen LogP) is 2.97. The number of aryl methyl sites for hydroxylation is 2. The van der Waals surface area contributed by atoms with Gasteiger partial charge in [0.1, 0.15) is 0 Å². The number of likely N-dealkylation sites (tertiary alicyclic amines) is 1. The number of methoxy groups -OCH3 is 1. The van der Waals surface area contributed by atoms with E-state index >= 15 is 0 Å². The van der Waals surface area contributed by atoms with E-state index < -0.39 is 43.6 Å².